The summed E-state index contributed by atoms with van der Waals surface area (Å²) >= 11 is 0. The fourth-order valence-electron chi connectivity index (χ4n) is 4.16. The first-order valence-electron chi connectivity index (χ1n) is 11.6. The number of aryl methyl sites for hydroxylation is 1. The van der Waals surface area contributed by atoms with Crippen LogP contribution in [-0.2, 0) is 16.1 Å². The van der Waals surface area contributed by atoms with Gasteiger partial charge < -0.3 is 19.3 Å². The van der Waals surface area contributed by atoms with Crippen molar-refractivity contribution in [3.63, 3.8) is 0 Å². The summed E-state index contributed by atoms with van der Waals surface area (Å²) in [6.07, 6.45) is 6.50. The number of amides is 1. The first-order valence-corrected chi connectivity index (χ1v) is 11.6. The molecule has 1 aliphatic heterocycles. The van der Waals surface area contributed by atoms with E-state index in [4.69, 9.17) is 4.74 Å². The van der Waals surface area contributed by atoms with Gasteiger partial charge in [-0.3, -0.25) is 19.7 Å². The van der Waals surface area contributed by atoms with E-state index in [1.54, 1.807) is 43.0 Å². The number of aliphatic hydroxyl groups excluding tert-OH is 1. The molecule has 1 aliphatic rings. The van der Waals surface area contributed by atoms with Crippen molar-refractivity contribution in [2.24, 2.45) is 0 Å². The summed E-state index contributed by atoms with van der Waals surface area (Å²) in [5, 5.41) is 22.3. The Labute approximate surface area is 207 Å². The van der Waals surface area contributed by atoms with Crippen LogP contribution in [0.2, 0.25) is 0 Å². The number of carbonyl (C=O) groups excluding carboxylic acids is 2. The zero-order valence-corrected chi connectivity index (χ0v) is 19.7. The van der Waals surface area contributed by atoms with Gasteiger partial charge in [0.05, 0.1) is 29.5 Å². The molecule has 1 atom stereocenters. The van der Waals surface area contributed by atoms with Gasteiger partial charge in [-0.2, -0.15) is 0 Å². The molecule has 36 heavy (non-hydrogen) atoms. The summed E-state index contributed by atoms with van der Waals surface area (Å²) in [5.74, 6) is -1.21. The predicted molar refractivity (Wildman–Crippen MR) is 131 cm³/mol. The van der Waals surface area contributed by atoms with Crippen LogP contribution in [0.15, 0.2) is 72.8 Å². The van der Waals surface area contributed by atoms with Gasteiger partial charge in [-0.05, 0) is 54.8 Å². The average molecular weight is 491 g/mol. The Morgan fingerprint density at radius 2 is 1.83 bits per heavy atom. The van der Waals surface area contributed by atoms with Gasteiger partial charge in [0, 0.05) is 43.2 Å². The highest BCUT2D eigenvalue weighted by molar-refractivity contribution is 6.46. The third kappa shape index (κ3) is 5.12. The maximum absolute atomic E-state index is 13.1. The molecule has 0 aliphatic carbocycles. The number of ketones is 1. The van der Waals surface area contributed by atoms with E-state index >= 15 is 0 Å². The lowest BCUT2D eigenvalue weighted by molar-refractivity contribution is -0.384. The molecule has 0 unspecified atom stereocenters. The number of nitro benzene ring substituents is 1. The first-order chi connectivity index (χ1) is 17.4. The van der Waals surface area contributed by atoms with Crippen LogP contribution in [0.4, 0.5) is 5.69 Å². The number of imidazole rings is 1. The molecular formula is C26H26N4O6. The summed E-state index contributed by atoms with van der Waals surface area (Å²) in [6.45, 7) is 3.36. The first kappa shape index (κ1) is 24.6. The lowest BCUT2D eigenvalue weighted by Gasteiger charge is -2.25. The number of hydrogen-bond acceptors (Lipinski definition) is 7. The number of non-ortho nitro benzene ring substituents is 1. The Morgan fingerprint density at radius 3 is 2.44 bits per heavy atom. The maximum atomic E-state index is 13.1. The molecule has 0 bridgehead atoms. The van der Waals surface area contributed by atoms with Gasteiger partial charge in [-0.1, -0.05) is 6.92 Å². The molecule has 0 saturated carbocycles. The Morgan fingerprint density at radius 1 is 1.11 bits per heavy atom. The largest absolute Gasteiger partial charge is 0.507 e. The van der Waals surface area contributed by atoms with Gasteiger partial charge in [0.25, 0.3) is 17.4 Å². The van der Waals surface area contributed by atoms with Gasteiger partial charge in [0.2, 0.25) is 0 Å². The second-order valence-corrected chi connectivity index (χ2v) is 8.37. The molecule has 10 nitrogen and oxygen atoms in total. The van der Waals surface area contributed by atoms with E-state index < -0.39 is 22.7 Å². The van der Waals surface area contributed by atoms with Crippen LogP contribution in [0.25, 0.3) is 5.76 Å². The normalized spacial score (nSPS) is 16.9. The highest BCUT2D eigenvalue weighted by Crippen LogP contribution is 2.40. The molecule has 1 N–H and O–H groups in total. The monoisotopic (exact) mass is 490 g/mol. The van der Waals surface area contributed by atoms with E-state index in [0.29, 0.717) is 36.4 Å². The number of rotatable bonds is 10. The van der Waals surface area contributed by atoms with Crippen LogP contribution in [0.5, 0.6) is 5.75 Å². The van der Waals surface area contributed by atoms with E-state index in [9.17, 15) is 24.8 Å². The van der Waals surface area contributed by atoms with Crippen molar-refractivity contribution in [1.82, 2.24) is 14.5 Å². The standard InChI is InChI=1S/C26H26N4O6/c1-2-16-36-21-10-6-19(7-11-21)24(31)22-23(18-4-8-20(9-5-18)30(34)35)29(26(33)25(22)32)14-3-13-28-15-12-27-17-28/h4-12,15,17,23,31H,2-3,13-14,16H2,1H3/b24-22+/t23-/m0/s1. The lowest BCUT2D eigenvalue weighted by atomic mass is 9.95. The maximum Gasteiger partial charge on any atom is 0.295 e. The van der Waals surface area contributed by atoms with Crippen LogP contribution in [0, 0.1) is 10.1 Å². The Hall–Kier alpha value is -4.47. The topological polar surface area (TPSA) is 128 Å². The molecule has 3 aromatic rings. The number of nitrogens with zero attached hydrogens (tertiary/aromatic N) is 4. The summed E-state index contributed by atoms with van der Waals surface area (Å²) < 4.78 is 7.44. The number of ether oxygens (including phenoxy) is 1. The number of nitro groups is 1. The summed E-state index contributed by atoms with van der Waals surface area (Å²) in [5.41, 5.74) is 0.686. The summed E-state index contributed by atoms with van der Waals surface area (Å²) in [7, 11) is 0. The highest BCUT2D eigenvalue weighted by atomic mass is 16.6. The van der Waals surface area contributed by atoms with Crippen molar-refractivity contribution in [2.45, 2.75) is 32.4 Å². The molecule has 4 rings (SSSR count). The van der Waals surface area contributed by atoms with Crippen molar-refractivity contribution in [3.05, 3.63) is 94.1 Å². The van der Waals surface area contributed by atoms with Gasteiger partial charge in [0.15, 0.2) is 0 Å². The number of benzene rings is 2. The second-order valence-electron chi connectivity index (χ2n) is 8.37. The third-order valence-corrected chi connectivity index (χ3v) is 5.93. The molecule has 0 radical (unpaired) electrons. The molecule has 10 heteroatoms. The Kier molecular flexibility index (Phi) is 7.43. The highest BCUT2D eigenvalue weighted by Gasteiger charge is 2.45. The minimum atomic E-state index is -0.885. The molecule has 186 valence electrons. The number of Topliss-reactive ketones (excluding diaryl/α,β-unsaturated/α-hetero) is 1. The molecule has 1 saturated heterocycles. The molecular weight excluding hydrogens is 464 g/mol. The second kappa shape index (κ2) is 10.9. The SMILES string of the molecule is CCCOc1ccc(/C(O)=C2\C(=O)C(=O)N(CCCn3ccnc3)[C@H]2c2ccc([N+](=O)[O-])cc2)cc1. The van der Waals surface area contributed by atoms with Crippen LogP contribution in [-0.4, -0.2) is 49.3 Å². The Balaban J connectivity index is 1.70. The Bertz CT molecular complexity index is 1270. The molecule has 2 aromatic carbocycles. The zero-order chi connectivity index (χ0) is 25.7. The smallest absolute Gasteiger partial charge is 0.295 e. The van der Waals surface area contributed by atoms with E-state index in [2.05, 4.69) is 4.98 Å². The van der Waals surface area contributed by atoms with Crippen LogP contribution < -0.4 is 4.74 Å². The predicted octanol–water partition coefficient (Wildman–Crippen LogP) is 4.09. The number of carbonyl (C=O) groups is 2. The van der Waals surface area contributed by atoms with Crippen molar-refractivity contribution < 1.29 is 24.4 Å². The number of aromatic nitrogens is 2. The third-order valence-electron chi connectivity index (χ3n) is 5.93. The lowest BCUT2D eigenvalue weighted by Crippen LogP contribution is -2.31. The number of likely N-dealkylation sites (tertiary alicyclic amines) is 1. The van der Waals surface area contributed by atoms with E-state index in [-0.39, 0.29) is 23.6 Å². The molecule has 2 heterocycles. The van der Waals surface area contributed by atoms with Gasteiger partial charge >= 0.3 is 0 Å². The van der Waals surface area contributed by atoms with E-state index in [1.165, 1.54) is 29.2 Å². The quantitative estimate of drug-likeness (QED) is 0.149. The van der Waals surface area contributed by atoms with Crippen LogP contribution in [0.3, 0.4) is 0 Å². The van der Waals surface area contributed by atoms with Gasteiger partial charge in [-0.15, -0.1) is 0 Å². The molecule has 1 aromatic heterocycles. The number of hydrogen-bond donors (Lipinski definition) is 1. The molecule has 1 amide bonds. The van der Waals surface area contributed by atoms with Crippen LogP contribution >= 0.6 is 0 Å². The van der Waals surface area contributed by atoms with Crippen molar-refractivity contribution >= 4 is 23.1 Å². The average Bonchev–Trinajstić information content (AvgIpc) is 3.50. The number of aliphatic hydroxyl groups is 1. The van der Waals surface area contributed by atoms with Crippen molar-refractivity contribution in [3.8, 4) is 5.75 Å². The summed E-state index contributed by atoms with van der Waals surface area (Å²) in [6, 6.07) is 11.4. The fourth-order valence-corrected chi connectivity index (χ4v) is 4.16. The van der Waals surface area contributed by atoms with Crippen molar-refractivity contribution in [2.75, 3.05) is 13.2 Å². The van der Waals surface area contributed by atoms with E-state index in [1.807, 2.05) is 11.5 Å². The van der Waals surface area contributed by atoms with Crippen molar-refractivity contribution in [1.29, 1.82) is 0 Å². The zero-order valence-electron chi connectivity index (χ0n) is 19.7. The summed E-state index contributed by atoms with van der Waals surface area (Å²) in [4.78, 5) is 42.2. The molecule has 0 spiro atoms. The van der Waals surface area contributed by atoms with Gasteiger partial charge in [0.1, 0.15) is 11.5 Å². The molecule has 1 fully saturated rings. The van der Waals surface area contributed by atoms with Crippen LogP contribution in [0.1, 0.15) is 36.9 Å². The fraction of sp³-hybridized carbons (Fsp3) is 0.269. The minimum absolute atomic E-state index is 0.0567. The van der Waals surface area contributed by atoms with Gasteiger partial charge in [-0.25, -0.2) is 4.98 Å². The minimum Gasteiger partial charge on any atom is -0.507 e. The van der Waals surface area contributed by atoms with E-state index in [0.717, 1.165) is 6.42 Å².